The number of nitrogens with zero attached hydrogens (tertiary/aromatic N) is 1. The molecule has 1 unspecified atom stereocenters. The average molecular weight is 156 g/mol. The van der Waals surface area contributed by atoms with Crippen LogP contribution in [0.25, 0.3) is 0 Å². The number of hydrogen-bond donors (Lipinski definition) is 1. The lowest BCUT2D eigenvalue weighted by Crippen LogP contribution is -2.42. The van der Waals surface area contributed by atoms with Crippen molar-refractivity contribution < 1.29 is 0 Å². The molecule has 2 heteroatoms. The van der Waals surface area contributed by atoms with Crippen LogP contribution in [0.2, 0.25) is 0 Å². The van der Waals surface area contributed by atoms with Crippen molar-refractivity contribution in [2.45, 2.75) is 38.8 Å². The van der Waals surface area contributed by atoms with E-state index in [1.54, 1.807) is 0 Å². The van der Waals surface area contributed by atoms with Gasteiger partial charge >= 0.3 is 0 Å². The van der Waals surface area contributed by atoms with Crippen LogP contribution in [-0.4, -0.2) is 30.6 Å². The summed E-state index contributed by atoms with van der Waals surface area (Å²) in [6, 6.07) is 1.04. The fourth-order valence-corrected chi connectivity index (χ4v) is 2.10. The molecule has 1 fully saturated rings. The summed E-state index contributed by atoms with van der Waals surface area (Å²) in [4.78, 5) is 2.40. The molecule has 66 valence electrons. The molecule has 2 nitrogen and oxygen atoms in total. The normalized spacial score (nSPS) is 36.0. The molecule has 0 radical (unpaired) electrons. The van der Waals surface area contributed by atoms with Gasteiger partial charge in [-0.25, -0.2) is 0 Å². The predicted molar refractivity (Wildman–Crippen MR) is 48.5 cm³/mol. The highest BCUT2D eigenvalue weighted by Gasteiger charge is 2.31. The molecule has 3 atom stereocenters. The first-order chi connectivity index (χ1) is 5.16. The Hall–Kier alpha value is -0.0800. The van der Waals surface area contributed by atoms with Crippen molar-refractivity contribution in [1.82, 2.24) is 4.90 Å². The summed E-state index contributed by atoms with van der Waals surface area (Å²) >= 11 is 0. The van der Waals surface area contributed by atoms with Gasteiger partial charge in [-0.1, -0.05) is 20.3 Å². The number of likely N-dealkylation sites (tertiary alicyclic amines) is 1. The summed E-state index contributed by atoms with van der Waals surface area (Å²) in [5.74, 6) is 0.748. The zero-order chi connectivity index (χ0) is 8.43. The quantitative estimate of drug-likeness (QED) is 0.648. The molecule has 1 heterocycles. The van der Waals surface area contributed by atoms with E-state index in [1.807, 2.05) is 0 Å². The van der Waals surface area contributed by atoms with Crippen LogP contribution < -0.4 is 5.73 Å². The minimum atomic E-state index is 0.412. The third-order valence-electron chi connectivity index (χ3n) is 2.99. The van der Waals surface area contributed by atoms with Gasteiger partial charge in [-0.2, -0.15) is 0 Å². The van der Waals surface area contributed by atoms with E-state index in [0.717, 1.165) is 5.92 Å². The maximum Gasteiger partial charge on any atom is 0.0270 e. The van der Waals surface area contributed by atoms with Crippen LogP contribution in [0.1, 0.15) is 26.7 Å². The zero-order valence-electron chi connectivity index (χ0n) is 7.88. The van der Waals surface area contributed by atoms with Crippen LogP contribution in [0.5, 0.6) is 0 Å². The molecule has 0 spiro atoms. The summed E-state index contributed by atoms with van der Waals surface area (Å²) in [5.41, 5.74) is 6.00. The Bertz CT molecular complexity index is 115. The predicted octanol–water partition coefficient (Wildman–Crippen LogP) is 1.06. The summed E-state index contributed by atoms with van der Waals surface area (Å²) in [5, 5.41) is 0. The SMILES string of the molecule is CC[C@H](C)[C@H]1C(N)CCN1C. The van der Waals surface area contributed by atoms with Crippen LogP contribution in [0.4, 0.5) is 0 Å². The largest absolute Gasteiger partial charge is 0.326 e. The molecular weight excluding hydrogens is 136 g/mol. The van der Waals surface area contributed by atoms with Crippen molar-refractivity contribution in [2.24, 2.45) is 11.7 Å². The summed E-state index contributed by atoms with van der Waals surface area (Å²) in [7, 11) is 2.18. The lowest BCUT2D eigenvalue weighted by molar-refractivity contribution is 0.221. The molecule has 0 aromatic heterocycles. The van der Waals surface area contributed by atoms with E-state index in [2.05, 4.69) is 25.8 Å². The maximum absolute atomic E-state index is 6.00. The lowest BCUT2D eigenvalue weighted by Gasteiger charge is -2.28. The molecule has 1 rings (SSSR count). The second-order valence-corrected chi connectivity index (χ2v) is 3.81. The minimum absolute atomic E-state index is 0.412. The first-order valence-corrected chi connectivity index (χ1v) is 4.62. The Morgan fingerprint density at radius 3 is 2.64 bits per heavy atom. The molecular formula is C9H20N2. The van der Waals surface area contributed by atoms with Gasteiger partial charge in [-0.15, -0.1) is 0 Å². The van der Waals surface area contributed by atoms with Crippen LogP contribution in [0, 0.1) is 5.92 Å². The van der Waals surface area contributed by atoms with E-state index < -0.39 is 0 Å². The fourth-order valence-electron chi connectivity index (χ4n) is 2.10. The smallest absolute Gasteiger partial charge is 0.0270 e. The molecule has 0 aromatic carbocycles. The van der Waals surface area contributed by atoms with Gasteiger partial charge in [0.25, 0.3) is 0 Å². The van der Waals surface area contributed by atoms with E-state index >= 15 is 0 Å². The zero-order valence-corrected chi connectivity index (χ0v) is 7.88. The van der Waals surface area contributed by atoms with Crippen LogP contribution in [0.3, 0.4) is 0 Å². The Balaban J connectivity index is 2.53. The Morgan fingerprint density at radius 2 is 2.27 bits per heavy atom. The van der Waals surface area contributed by atoms with Gasteiger partial charge in [-0.3, -0.25) is 0 Å². The van der Waals surface area contributed by atoms with E-state index in [9.17, 15) is 0 Å². The third kappa shape index (κ3) is 1.74. The molecule has 0 aliphatic carbocycles. The Morgan fingerprint density at radius 1 is 1.64 bits per heavy atom. The molecule has 1 aliphatic heterocycles. The van der Waals surface area contributed by atoms with Gasteiger partial charge in [0.2, 0.25) is 0 Å². The second kappa shape index (κ2) is 3.55. The molecule has 11 heavy (non-hydrogen) atoms. The highest BCUT2D eigenvalue weighted by molar-refractivity contribution is 4.90. The second-order valence-electron chi connectivity index (χ2n) is 3.81. The molecule has 0 amide bonds. The van der Waals surface area contributed by atoms with Crippen molar-refractivity contribution in [3.8, 4) is 0 Å². The number of likely N-dealkylation sites (N-methyl/N-ethyl adjacent to an activating group) is 1. The lowest BCUT2D eigenvalue weighted by atomic mass is 9.94. The minimum Gasteiger partial charge on any atom is -0.326 e. The van der Waals surface area contributed by atoms with Crippen molar-refractivity contribution in [3.05, 3.63) is 0 Å². The van der Waals surface area contributed by atoms with Crippen LogP contribution in [-0.2, 0) is 0 Å². The first kappa shape index (κ1) is 9.01. The van der Waals surface area contributed by atoms with Crippen LogP contribution in [0.15, 0.2) is 0 Å². The summed E-state index contributed by atoms with van der Waals surface area (Å²) in [6.45, 7) is 5.71. The maximum atomic E-state index is 6.00. The van der Waals surface area contributed by atoms with E-state index in [-0.39, 0.29) is 0 Å². The third-order valence-corrected chi connectivity index (χ3v) is 2.99. The first-order valence-electron chi connectivity index (χ1n) is 4.62. The molecule has 2 N–H and O–H groups in total. The van der Waals surface area contributed by atoms with Crippen molar-refractivity contribution >= 4 is 0 Å². The molecule has 0 aromatic rings. The highest BCUT2D eigenvalue weighted by Crippen LogP contribution is 2.23. The standard InChI is InChI=1S/C9H20N2/c1-4-7(2)9-8(10)5-6-11(9)3/h7-9H,4-6,10H2,1-3H3/t7-,8?,9-/m0/s1. The molecule has 1 aliphatic rings. The van der Waals surface area contributed by atoms with Gasteiger partial charge in [0.1, 0.15) is 0 Å². The fraction of sp³-hybridized carbons (Fsp3) is 1.00. The van der Waals surface area contributed by atoms with Gasteiger partial charge in [0.15, 0.2) is 0 Å². The Kier molecular flexibility index (Phi) is 2.90. The summed E-state index contributed by atoms with van der Waals surface area (Å²) < 4.78 is 0. The highest BCUT2D eigenvalue weighted by atomic mass is 15.2. The molecule has 1 saturated heterocycles. The van der Waals surface area contributed by atoms with E-state index in [4.69, 9.17) is 5.73 Å². The average Bonchev–Trinajstić information content (AvgIpc) is 2.30. The topological polar surface area (TPSA) is 29.3 Å². The number of rotatable bonds is 2. The van der Waals surface area contributed by atoms with Crippen LogP contribution >= 0.6 is 0 Å². The number of nitrogens with two attached hydrogens (primary N) is 1. The van der Waals surface area contributed by atoms with Gasteiger partial charge in [0, 0.05) is 12.1 Å². The molecule has 0 saturated carbocycles. The van der Waals surface area contributed by atoms with Crippen molar-refractivity contribution in [1.29, 1.82) is 0 Å². The van der Waals surface area contributed by atoms with Crippen molar-refractivity contribution in [3.63, 3.8) is 0 Å². The number of hydrogen-bond acceptors (Lipinski definition) is 2. The summed E-state index contributed by atoms with van der Waals surface area (Å²) in [6.07, 6.45) is 2.41. The van der Waals surface area contributed by atoms with E-state index in [0.29, 0.717) is 12.1 Å². The van der Waals surface area contributed by atoms with Gasteiger partial charge in [0.05, 0.1) is 0 Å². The molecule has 0 bridgehead atoms. The van der Waals surface area contributed by atoms with Gasteiger partial charge in [-0.05, 0) is 25.9 Å². The van der Waals surface area contributed by atoms with Gasteiger partial charge < -0.3 is 10.6 Å². The van der Waals surface area contributed by atoms with E-state index in [1.165, 1.54) is 19.4 Å². The Labute approximate surface area is 69.8 Å². The van der Waals surface area contributed by atoms with Crippen molar-refractivity contribution in [2.75, 3.05) is 13.6 Å². The monoisotopic (exact) mass is 156 g/mol.